The maximum atomic E-state index is 13.1. The molecule has 5 nitrogen and oxygen atoms in total. The molecule has 0 aromatic heterocycles. The fourth-order valence-electron chi connectivity index (χ4n) is 2.36. The minimum atomic E-state index is -0.285. The maximum absolute atomic E-state index is 13.1. The first-order valence-electron chi connectivity index (χ1n) is 8.58. The summed E-state index contributed by atoms with van der Waals surface area (Å²) in [7, 11) is 0. The van der Waals surface area contributed by atoms with Crippen molar-refractivity contribution in [1.29, 1.82) is 0 Å². The number of hydrogen-bond acceptors (Lipinski definition) is 3. The molecule has 0 saturated heterocycles. The van der Waals surface area contributed by atoms with E-state index in [0.29, 0.717) is 11.4 Å². The molecule has 0 saturated carbocycles. The van der Waals surface area contributed by atoms with E-state index in [4.69, 9.17) is 28.9 Å². The van der Waals surface area contributed by atoms with E-state index in [1.165, 1.54) is 30.6 Å². The lowest BCUT2D eigenvalue weighted by Gasteiger charge is -2.18. The summed E-state index contributed by atoms with van der Waals surface area (Å²) < 4.78 is 13.1. The highest BCUT2D eigenvalue weighted by Gasteiger charge is 2.10. The van der Waals surface area contributed by atoms with Crippen molar-refractivity contribution in [3.63, 3.8) is 0 Å². The molecular weight excluding hydrogens is 402 g/mol. The Morgan fingerprint density at radius 3 is 2.43 bits per heavy atom. The summed E-state index contributed by atoms with van der Waals surface area (Å²) in [6.07, 6.45) is 3.93. The summed E-state index contributed by atoms with van der Waals surface area (Å²) in [4.78, 5) is 8.27. The van der Waals surface area contributed by atoms with Gasteiger partial charge < -0.3 is 16.2 Å². The SMILES string of the molecule is CC/C=C(\NC(C)c1ccc(F)cc1)C(N)=NC=Nc1cc(Cl)c(O)c(Cl)c1. The molecule has 0 amide bonds. The van der Waals surface area contributed by atoms with Crippen LogP contribution < -0.4 is 11.1 Å². The van der Waals surface area contributed by atoms with Crippen LogP contribution in [0.5, 0.6) is 5.75 Å². The fourth-order valence-corrected chi connectivity index (χ4v) is 2.84. The highest BCUT2D eigenvalue weighted by atomic mass is 35.5. The number of phenolic OH excluding ortho intramolecular Hbond substituents is 1. The van der Waals surface area contributed by atoms with Crippen molar-refractivity contribution in [2.45, 2.75) is 26.3 Å². The van der Waals surface area contributed by atoms with Crippen molar-refractivity contribution in [2.24, 2.45) is 15.7 Å². The standard InChI is InChI=1S/C20H21Cl2FN4O/c1-3-4-18(27-12(2)13-5-7-14(23)8-6-13)20(24)26-11-25-15-9-16(21)19(28)17(22)10-15/h4-12,27-28H,3H2,1-2H3,(H2,24,25,26)/b18-4-. The zero-order valence-electron chi connectivity index (χ0n) is 15.5. The number of aliphatic imine (C=N–C) groups is 2. The summed E-state index contributed by atoms with van der Waals surface area (Å²) in [5, 5.41) is 13.0. The van der Waals surface area contributed by atoms with Gasteiger partial charge in [0.1, 0.15) is 18.0 Å². The number of nitrogens with two attached hydrogens (primary N) is 1. The molecule has 0 bridgehead atoms. The van der Waals surface area contributed by atoms with Crippen LogP contribution in [0.25, 0.3) is 0 Å². The molecule has 4 N–H and O–H groups in total. The van der Waals surface area contributed by atoms with Crippen molar-refractivity contribution < 1.29 is 9.50 Å². The number of nitrogens with zero attached hydrogens (tertiary/aromatic N) is 2. The van der Waals surface area contributed by atoms with Crippen molar-refractivity contribution in [2.75, 3.05) is 0 Å². The van der Waals surface area contributed by atoms with Gasteiger partial charge in [-0.3, -0.25) is 0 Å². The zero-order chi connectivity index (χ0) is 20.7. The molecule has 0 aliphatic rings. The highest BCUT2D eigenvalue weighted by Crippen LogP contribution is 2.35. The van der Waals surface area contributed by atoms with Gasteiger partial charge in [0.25, 0.3) is 0 Å². The Morgan fingerprint density at radius 1 is 1.25 bits per heavy atom. The smallest absolute Gasteiger partial charge is 0.152 e. The van der Waals surface area contributed by atoms with Crippen LogP contribution in [0.1, 0.15) is 31.9 Å². The molecule has 0 fully saturated rings. The van der Waals surface area contributed by atoms with Gasteiger partial charge in [0.05, 0.1) is 21.4 Å². The van der Waals surface area contributed by atoms with Crippen molar-refractivity contribution in [1.82, 2.24) is 5.32 Å². The third kappa shape index (κ3) is 5.97. The lowest BCUT2D eigenvalue weighted by atomic mass is 10.1. The average Bonchev–Trinajstić information content (AvgIpc) is 2.66. The average molecular weight is 423 g/mol. The molecule has 2 aromatic carbocycles. The molecule has 1 atom stereocenters. The van der Waals surface area contributed by atoms with Gasteiger partial charge in [-0.25, -0.2) is 14.4 Å². The second-order valence-electron chi connectivity index (χ2n) is 5.96. The molecule has 8 heteroatoms. The van der Waals surface area contributed by atoms with E-state index in [1.54, 1.807) is 12.1 Å². The molecule has 148 valence electrons. The van der Waals surface area contributed by atoms with Crippen LogP contribution in [0.3, 0.4) is 0 Å². The second kappa shape index (κ2) is 10.1. The van der Waals surface area contributed by atoms with Gasteiger partial charge in [-0.05, 0) is 43.2 Å². The van der Waals surface area contributed by atoms with Gasteiger partial charge in [0.15, 0.2) is 5.75 Å². The first kappa shape index (κ1) is 21.7. The first-order chi connectivity index (χ1) is 13.3. The second-order valence-corrected chi connectivity index (χ2v) is 6.77. The predicted molar refractivity (Wildman–Crippen MR) is 114 cm³/mol. The van der Waals surface area contributed by atoms with Gasteiger partial charge >= 0.3 is 0 Å². The van der Waals surface area contributed by atoms with Crippen molar-refractivity contribution in [3.8, 4) is 5.75 Å². The Morgan fingerprint density at radius 2 is 1.86 bits per heavy atom. The van der Waals surface area contributed by atoms with Crippen LogP contribution in [0.2, 0.25) is 10.0 Å². The summed E-state index contributed by atoms with van der Waals surface area (Å²) in [6.45, 7) is 3.92. The lowest BCUT2D eigenvalue weighted by molar-refractivity contribution is 0.476. The number of phenols is 1. The highest BCUT2D eigenvalue weighted by molar-refractivity contribution is 6.37. The molecule has 0 aliphatic carbocycles. The topological polar surface area (TPSA) is 83.0 Å². The number of amidine groups is 1. The number of rotatable bonds is 7. The fraction of sp³-hybridized carbons (Fsp3) is 0.200. The van der Waals surface area contributed by atoms with E-state index < -0.39 is 0 Å². The number of benzene rings is 2. The maximum Gasteiger partial charge on any atom is 0.152 e. The molecule has 2 rings (SSSR count). The van der Waals surface area contributed by atoms with Gasteiger partial charge in [-0.2, -0.15) is 0 Å². The van der Waals surface area contributed by atoms with Crippen LogP contribution >= 0.6 is 23.2 Å². The molecule has 28 heavy (non-hydrogen) atoms. The molecule has 0 spiro atoms. The van der Waals surface area contributed by atoms with E-state index in [1.807, 2.05) is 19.9 Å². The number of nitrogens with one attached hydrogen (secondary N) is 1. The molecular formula is C20H21Cl2FN4O. The van der Waals surface area contributed by atoms with E-state index in [0.717, 1.165) is 12.0 Å². The molecule has 0 radical (unpaired) electrons. The van der Waals surface area contributed by atoms with Crippen LogP contribution in [-0.2, 0) is 0 Å². The Bertz CT molecular complexity index is 888. The van der Waals surface area contributed by atoms with Gasteiger partial charge in [-0.15, -0.1) is 0 Å². The van der Waals surface area contributed by atoms with Gasteiger partial charge in [0, 0.05) is 6.04 Å². The summed E-state index contributed by atoms with van der Waals surface area (Å²) in [5.41, 5.74) is 8.07. The van der Waals surface area contributed by atoms with Gasteiger partial charge in [-0.1, -0.05) is 48.3 Å². The van der Waals surface area contributed by atoms with Crippen LogP contribution in [-0.4, -0.2) is 17.3 Å². The number of allylic oxidation sites excluding steroid dienone is 1. The Kier molecular flexibility index (Phi) is 7.84. The van der Waals surface area contributed by atoms with Gasteiger partial charge in [0.2, 0.25) is 0 Å². The number of hydrogen-bond donors (Lipinski definition) is 3. The first-order valence-corrected chi connectivity index (χ1v) is 9.33. The van der Waals surface area contributed by atoms with Crippen LogP contribution in [0, 0.1) is 5.82 Å². The van der Waals surface area contributed by atoms with E-state index in [9.17, 15) is 9.50 Å². The van der Waals surface area contributed by atoms with Crippen molar-refractivity contribution >= 4 is 41.1 Å². The van der Waals surface area contributed by atoms with Crippen LogP contribution in [0.15, 0.2) is 58.2 Å². The number of halogens is 3. The monoisotopic (exact) mass is 422 g/mol. The van der Waals surface area contributed by atoms with E-state index in [2.05, 4.69) is 15.3 Å². The summed E-state index contributed by atoms with van der Waals surface area (Å²) in [6, 6.07) is 9.07. The zero-order valence-corrected chi connectivity index (χ0v) is 17.0. The Hall–Kier alpha value is -2.57. The molecule has 0 aliphatic heterocycles. The predicted octanol–water partition coefficient (Wildman–Crippen LogP) is 5.50. The normalized spacial score (nSPS) is 13.8. The third-order valence-corrected chi connectivity index (χ3v) is 4.41. The Labute approximate surface area is 173 Å². The minimum Gasteiger partial charge on any atom is -0.505 e. The molecule has 2 aromatic rings. The summed E-state index contributed by atoms with van der Waals surface area (Å²) >= 11 is 11.7. The van der Waals surface area contributed by atoms with Crippen molar-refractivity contribution in [3.05, 3.63) is 69.6 Å². The third-order valence-electron chi connectivity index (χ3n) is 3.83. The quantitative estimate of drug-likeness (QED) is 0.406. The summed E-state index contributed by atoms with van der Waals surface area (Å²) in [5.74, 6) is -0.236. The largest absolute Gasteiger partial charge is 0.505 e. The Balaban J connectivity index is 2.14. The van der Waals surface area contributed by atoms with E-state index in [-0.39, 0.29) is 33.5 Å². The van der Waals surface area contributed by atoms with Crippen LogP contribution in [0.4, 0.5) is 10.1 Å². The lowest BCUT2D eigenvalue weighted by Crippen LogP contribution is -2.29. The van der Waals surface area contributed by atoms with E-state index >= 15 is 0 Å². The molecule has 0 heterocycles. The number of aromatic hydroxyl groups is 1. The molecule has 1 unspecified atom stereocenters. The minimum absolute atomic E-state index is 0.0953.